The number of hydrogen-bond acceptors (Lipinski definition) is 4. The van der Waals surface area contributed by atoms with E-state index in [0.29, 0.717) is 0 Å². The van der Waals surface area contributed by atoms with E-state index < -0.39 is 0 Å². The number of rotatable bonds is 0. The Hall–Kier alpha value is -1.97. The van der Waals surface area contributed by atoms with Gasteiger partial charge >= 0.3 is 0 Å². The highest BCUT2D eigenvalue weighted by Crippen LogP contribution is 1.81. The molecule has 0 atom stereocenters. The fourth-order valence-electron chi connectivity index (χ4n) is 0.658. The van der Waals surface area contributed by atoms with Gasteiger partial charge in [0, 0.05) is 18.6 Å². The number of ether oxygens (including phenoxy) is 1. The molecule has 0 radical (unpaired) electrons. The van der Waals surface area contributed by atoms with Gasteiger partial charge in [0.05, 0.1) is 6.26 Å². The fraction of sp³-hybridized carbons (Fsp3) is 0.100. The Bertz CT molecular complexity index is 279. The van der Waals surface area contributed by atoms with Crippen LogP contribution in [0.25, 0.3) is 0 Å². The van der Waals surface area contributed by atoms with Gasteiger partial charge in [-0.2, -0.15) is 0 Å². The van der Waals surface area contributed by atoms with E-state index in [1.54, 1.807) is 36.9 Å². The predicted molar refractivity (Wildman–Crippen MR) is 58.8 cm³/mol. The van der Waals surface area contributed by atoms with Gasteiger partial charge in [0.1, 0.15) is 6.34 Å². The molecule has 0 amide bonds. The normalized spacial score (nSPS) is 16.6. The van der Waals surface area contributed by atoms with Crippen molar-refractivity contribution in [2.45, 2.75) is 0 Å². The Morgan fingerprint density at radius 2 is 1.86 bits per heavy atom. The summed E-state index contributed by atoms with van der Waals surface area (Å²) in [5.41, 5.74) is 0. The van der Waals surface area contributed by atoms with Crippen LogP contribution in [-0.2, 0) is 4.74 Å². The van der Waals surface area contributed by atoms with Crippen LogP contribution < -0.4 is 0 Å². The predicted octanol–water partition coefficient (Wildman–Crippen LogP) is 1.73. The second kappa shape index (κ2) is 7.67. The lowest BCUT2D eigenvalue weighted by Gasteiger charge is -1.90. The van der Waals surface area contributed by atoms with E-state index in [2.05, 4.69) is 15.0 Å². The average molecular weight is 189 g/mol. The number of aliphatic imine (C=N–C) groups is 3. The third-order valence-electron chi connectivity index (χ3n) is 1.21. The van der Waals surface area contributed by atoms with E-state index in [0.717, 1.165) is 0 Å². The molecule has 1 rings (SSSR count). The van der Waals surface area contributed by atoms with Crippen molar-refractivity contribution in [1.82, 2.24) is 0 Å². The average Bonchev–Trinajstić information content (AvgIpc) is 2.22. The van der Waals surface area contributed by atoms with Gasteiger partial charge in [-0.25, -0.2) is 9.98 Å². The highest BCUT2D eigenvalue weighted by molar-refractivity contribution is 5.80. The molecule has 0 unspecified atom stereocenters. The Kier molecular flexibility index (Phi) is 5.54. The van der Waals surface area contributed by atoms with Crippen molar-refractivity contribution >= 4 is 18.8 Å². The SMILES string of the molecule is C1=CC=NC=NCOC=CC=NC=C1. The van der Waals surface area contributed by atoms with Gasteiger partial charge in [-0.15, -0.1) is 0 Å². The first-order valence-electron chi connectivity index (χ1n) is 4.13. The van der Waals surface area contributed by atoms with Crippen LogP contribution in [0.5, 0.6) is 0 Å². The second-order valence-electron chi connectivity index (χ2n) is 2.25. The molecule has 0 bridgehead atoms. The molecule has 1 aliphatic heterocycles. The second-order valence-corrected chi connectivity index (χ2v) is 2.25. The molecule has 0 fully saturated rings. The van der Waals surface area contributed by atoms with Crippen LogP contribution in [0.15, 0.2) is 51.7 Å². The molecule has 4 nitrogen and oxygen atoms in total. The lowest BCUT2D eigenvalue weighted by molar-refractivity contribution is 0.262. The molecule has 0 saturated heterocycles. The van der Waals surface area contributed by atoms with Crippen molar-refractivity contribution in [3.05, 3.63) is 36.8 Å². The Balaban J connectivity index is 2.56. The van der Waals surface area contributed by atoms with E-state index in [4.69, 9.17) is 4.74 Å². The molecule has 0 N–H and O–H groups in total. The topological polar surface area (TPSA) is 46.3 Å². The van der Waals surface area contributed by atoms with E-state index in [-0.39, 0.29) is 6.73 Å². The van der Waals surface area contributed by atoms with Crippen molar-refractivity contribution in [3.8, 4) is 0 Å². The number of nitrogens with zero attached hydrogens (tertiary/aromatic N) is 3. The van der Waals surface area contributed by atoms with Crippen LogP contribution >= 0.6 is 0 Å². The molecular weight excluding hydrogens is 178 g/mol. The molecule has 1 aliphatic rings. The summed E-state index contributed by atoms with van der Waals surface area (Å²) in [7, 11) is 0. The third-order valence-corrected chi connectivity index (χ3v) is 1.21. The van der Waals surface area contributed by atoms with Crippen molar-refractivity contribution in [2.24, 2.45) is 15.0 Å². The van der Waals surface area contributed by atoms with Crippen LogP contribution in [-0.4, -0.2) is 25.5 Å². The molecule has 14 heavy (non-hydrogen) atoms. The zero-order valence-corrected chi connectivity index (χ0v) is 7.65. The van der Waals surface area contributed by atoms with Gasteiger partial charge in [-0.1, -0.05) is 6.08 Å². The smallest absolute Gasteiger partial charge is 0.179 e. The molecule has 0 saturated carbocycles. The highest BCUT2D eigenvalue weighted by Gasteiger charge is 1.72. The van der Waals surface area contributed by atoms with E-state index in [1.165, 1.54) is 12.6 Å². The van der Waals surface area contributed by atoms with Crippen LogP contribution in [0.2, 0.25) is 0 Å². The van der Waals surface area contributed by atoms with Gasteiger partial charge in [0.15, 0.2) is 6.73 Å². The molecule has 0 aromatic heterocycles. The Morgan fingerprint density at radius 3 is 2.86 bits per heavy atom. The highest BCUT2D eigenvalue weighted by atomic mass is 16.5. The van der Waals surface area contributed by atoms with Crippen molar-refractivity contribution in [2.75, 3.05) is 6.73 Å². The van der Waals surface area contributed by atoms with Crippen molar-refractivity contribution in [3.63, 3.8) is 0 Å². The molecule has 4 heteroatoms. The Labute approximate surface area is 82.7 Å². The quantitative estimate of drug-likeness (QED) is 0.572. The summed E-state index contributed by atoms with van der Waals surface area (Å²) >= 11 is 0. The van der Waals surface area contributed by atoms with E-state index in [1.807, 2.05) is 6.08 Å². The third kappa shape index (κ3) is 5.65. The molecular formula is C10H11N3O. The monoisotopic (exact) mass is 189 g/mol. The summed E-state index contributed by atoms with van der Waals surface area (Å²) < 4.78 is 4.99. The summed E-state index contributed by atoms with van der Waals surface area (Å²) in [5, 5.41) is 0. The van der Waals surface area contributed by atoms with Gasteiger partial charge in [0.25, 0.3) is 0 Å². The zero-order chi connectivity index (χ0) is 9.90. The summed E-state index contributed by atoms with van der Waals surface area (Å²) in [6.07, 6.45) is 15.0. The van der Waals surface area contributed by atoms with Crippen LogP contribution in [0.1, 0.15) is 0 Å². The maximum absolute atomic E-state index is 4.99. The number of allylic oxidation sites excluding steroid dienone is 4. The van der Waals surface area contributed by atoms with Crippen molar-refractivity contribution in [1.29, 1.82) is 0 Å². The molecule has 0 aromatic rings. The molecule has 0 aliphatic carbocycles. The minimum absolute atomic E-state index is 0.265. The first kappa shape index (κ1) is 10.1. The minimum Gasteiger partial charge on any atom is -0.479 e. The Morgan fingerprint density at radius 1 is 0.929 bits per heavy atom. The van der Waals surface area contributed by atoms with Gasteiger partial charge in [0.2, 0.25) is 0 Å². The van der Waals surface area contributed by atoms with Gasteiger partial charge in [-0.05, 0) is 18.2 Å². The maximum atomic E-state index is 4.99. The number of hydrogen-bond donors (Lipinski definition) is 0. The van der Waals surface area contributed by atoms with E-state index in [9.17, 15) is 0 Å². The maximum Gasteiger partial charge on any atom is 0.179 e. The molecule has 72 valence electrons. The van der Waals surface area contributed by atoms with Crippen molar-refractivity contribution < 1.29 is 4.74 Å². The zero-order valence-electron chi connectivity index (χ0n) is 7.65. The summed E-state index contributed by atoms with van der Waals surface area (Å²) in [6, 6.07) is 0. The minimum atomic E-state index is 0.265. The van der Waals surface area contributed by atoms with E-state index >= 15 is 0 Å². The largest absolute Gasteiger partial charge is 0.479 e. The van der Waals surface area contributed by atoms with Gasteiger partial charge < -0.3 is 4.74 Å². The van der Waals surface area contributed by atoms with Crippen LogP contribution in [0.4, 0.5) is 0 Å². The summed E-state index contributed by atoms with van der Waals surface area (Å²) in [6.45, 7) is 0.265. The summed E-state index contributed by atoms with van der Waals surface area (Å²) in [5.74, 6) is 0. The molecule has 0 spiro atoms. The standard InChI is InChI=1S/C10H11N3O/c1-2-5-11-7-4-8-14-10-13-9-12-6-3-1/h1-9H,10H2. The molecule has 0 aromatic carbocycles. The van der Waals surface area contributed by atoms with Crippen LogP contribution in [0.3, 0.4) is 0 Å². The van der Waals surface area contributed by atoms with Crippen LogP contribution in [0, 0.1) is 0 Å². The first-order chi connectivity index (χ1) is 7.00. The lowest BCUT2D eigenvalue weighted by Crippen LogP contribution is -1.82. The fourth-order valence-corrected chi connectivity index (χ4v) is 0.658. The first-order valence-corrected chi connectivity index (χ1v) is 4.13. The summed E-state index contributed by atoms with van der Waals surface area (Å²) in [4.78, 5) is 11.7. The molecule has 1 heterocycles. The lowest BCUT2D eigenvalue weighted by atomic mass is 10.5. The van der Waals surface area contributed by atoms with Gasteiger partial charge in [-0.3, -0.25) is 4.99 Å².